The zero-order valence-electron chi connectivity index (χ0n) is 14.6. The highest BCUT2D eigenvalue weighted by atomic mass is 16.5. The predicted octanol–water partition coefficient (Wildman–Crippen LogP) is 5.28. The van der Waals surface area contributed by atoms with Gasteiger partial charge in [-0.25, -0.2) is 0 Å². The first-order chi connectivity index (χ1) is 12.8. The maximum absolute atomic E-state index is 12.7. The first kappa shape index (κ1) is 17.5. The standard InChI is InChI=1S/C22H21NO3/c1-2-20(25-17-11-5-3-6-12-17)22(24)23-19-15-9-10-16-21(19)26-18-13-7-4-8-14-18/h3-16,20H,2H2,1H3,(H,23,24)/t20-/m0/s1. The number of hydrogen-bond donors (Lipinski definition) is 1. The quantitative estimate of drug-likeness (QED) is 0.633. The van der Waals surface area contributed by atoms with Gasteiger partial charge in [-0.15, -0.1) is 0 Å². The van der Waals surface area contributed by atoms with Crippen LogP contribution < -0.4 is 14.8 Å². The van der Waals surface area contributed by atoms with Crippen molar-refractivity contribution in [2.75, 3.05) is 5.32 Å². The summed E-state index contributed by atoms with van der Waals surface area (Å²) in [5.74, 6) is 1.76. The van der Waals surface area contributed by atoms with Crippen LogP contribution in [0.4, 0.5) is 5.69 Å². The van der Waals surface area contributed by atoms with Crippen molar-refractivity contribution in [2.24, 2.45) is 0 Å². The van der Waals surface area contributed by atoms with Crippen LogP contribution in [-0.2, 0) is 4.79 Å². The van der Waals surface area contributed by atoms with Crippen molar-refractivity contribution >= 4 is 11.6 Å². The van der Waals surface area contributed by atoms with Gasteiger partial charge < -0.3 is 14.8 Å². The highest BCUT2D eigenvalue weighted by Crippen LogP contribution is 2.29. The maximum atomic E-state index is 12.7. The number of carbonyl (C=O) groups is 1. The molecule has 0 radical (unpaired) electrons. The highest BCUT2D eigenvalue weighted by molar-refractivity contribution is 5.95. The lowest BCUT2D eigenvalue weighted by molar-refractivity contribution is -0.122. The first-order valence-corrected chi connectivity index (χ1v) is 8.60. The lowest BCUT2D eigenvalue weighted by Crippen LogP contribution is -2.32. The fourth-order valence-corrected chi connectivity index (χ4v) is 2.47. The zero-order chi connectivity index (χ0) is 18.2. The number of para-hydroxylation sites is 4. The normalized spacial score (nSPS) is 11.4. The van der Waals surface area contributed by atoms with Gasteiger partial charge in [-0.3, -0.25) is 4.79 Å². The van der Waals surface area contributed by atoms with Gasteiger partial charge in [-0.2, -0.15) is 0 Å². The van der Waals surface area contributed by atoms with Crippen LogP contribution in [0, 0.1) is 0 Å². The van der Waals surface area contributed by atoms with E-state index in [1.807, 2.05) is 91.9 Å². The van der Waals surface area contributed by atoms with E-state index in [4.69, 9.17) is 9.47 Å². The van der Waals surface area contributed by atoms with Crippen LogP contribution in [0.25, 0.3) is 0 Å². The molecule has 4 nitrogen and oxygen atoms in total. The van der Waals surface area contributed by atoms with Gasteiger partial charge in [-0.05, 0) is 42.8 Å². The van der Waals surface area contributed by atoms with E-state index >= 15 is 0 Å². The molecular weight excluding hydrogens is 326 g/mol. The van der Waals surface area contributed by atoms with Gasteiger partial charge >= 0.3 is 0 Å². The molecule has 0 heterocycles. The number of benzene rings is 3. The molecule has 1 atom stereocenters. The van der Waals surface area contributed by atoms with Gasteiger partial charge in [0.2, 0.25) is 0 Å². The van der Waals surface area contributed by atoms with Gasteiger partial charge in [-0.1, -0.05) is 55.5 Å². The minimum Gasteiger partial charge on any atom is -0.481 e. The molecule has 0 bridgehead atoms. The third-order valence-electron chi connectivity index (χ3n) is 3.80. The van der Waals surface area contributed by atoms with E-state index in [2.05, 4.69) is 5.32 Å². The second kappa shape index (κ2) is 8.72. The molecule has 3 aromatic rings. The molecule has 0 fully saturated rings. The molecule has 1 amide bonds. The summed E-state index contributed by atoms with van der Waals surface area (Å²) in [7, 11) is 0. The Morgan fingerprint density at radius 3 is 2.08 bits per heavy atom. The molecule has 0 aliphatic carbocycles. The van der Waals surface area contributed by atoms with Crippen LogP contribution >= 0.6 is 0 Å². The average molecular weight is 347 g/mol. The lowest BCUT2D eigenvalue weighted by atomic mass is 10.2. The van der Waals surface area contributed by atoms with Crippen LogP contribution in [0.1, 0.15) is 13.3 Å². The molecule has 132 valence electrons. The summed E-state index contributed by atoms with van der Waals surface area (Å²) in [5.41, 5.74) is 0.608. The summed E-state index contributed by atoms with van der Waals surface area (Å²) >= 11 is 0. The van der Waals surface area contributed by atoms with Gasteiger partial charge in [0, 0.05) is 0 Å². The number of nitrogens with one attached hydrogen (secondary N) is 1. The van der Waals surface area contributed by atoms with E-state index in [0.29, 0.717) is 29.4 Å². The monoisotopic (exact) mass is 347 g/mol. The topological polar surface area (TPSA) is 47.6 Å². The Labute approximate surface area is 153 Å². The van der Waals surface area contributed by atoms with E-state index in [9.17, 15) is 4.79 Å². The Kier molecular flexibility index (Phi) is 5.88. The van der Waals surface area contributed by atoms with Gasteiger partial charge in [0.15, 0.2) is 11.9 Å². The van der Waals surface area contributed by atoms with Crippen molar-refractivity contribution in [3.8, 4) is 17.2 Å². The van der Waals surface area contributed by atoms with E-state index in [0.717, 1.165) is 0 Å². The minimum atomic E-state index is -0.581. The van der Waals surface area contributed by atoms with Crippen molar-refractivity contribution in [3.63, 3.8) is 0 Å². The SMILES string of the molecule is CC[C@H](Oc1ccccc1)C(=O)Nc1ccccc1Oc1ccccc1. The summed E-state index contributed by atoms with van der Waals surface area (Å²) in [6.07, 6.45) is -0.0233. The largest absolute Gasteiger partial charge is 0.481 e. The van der Waals surface area contributed by atoms with E-state index in [1.165, 1.54) is 0 Å². The Balaban J connectivity index is 1.72. The number of ether oxygens (including phenoxy) is 2. The van der Waals surface area contributed by atoms with Crippen molar-refractivity contribution in [3.05, 3.63) is 84.9 Å². The smallest absolute Gasteiger partial charge is 0.265 e. The Bertz CT molecular complexity index is 834. The van der Waals surface area contributed by atoms with Crippen molar-refractivity contribution < 1.29 is 14.3 Å². The summed E-state index contributed by atoms with van der Waals surface area (Å²) in [6, 6.07) is 26.1. The molecule has 1 N–H and O–H groups in total. The van der Waals surface area contributed by atoms with E-state index in [-0.39, 0.29) is 5.91 Å². The molecule has 0 spiro atoms. The molecular formula is C22H21NO3. The Hall–Kier alpha value is -3.27. The first-order valence-electron chi connectivity index (χ1n) is 8.60. The maximum Gasteiger partial charge on any atom is 0.265 e. The number of anilines is 1. The van der Waals surface area contributed by atoms with Crippen LogP contribution in [0.2, 0.25) is 0 Å². The van der Waals surface area contributed by atoms with Crippen LogP contribution in [0.5, 0.6) is 17.2 Å². The fraction of sp³-hybridized carbons (Fsp3) is 0.136. The molecule has 26 heavy (non-hydrogen) atoms. The van der Waals surface area contributed by atoms with Gasteiger partial charge in [0.1, 0.15) is 11.5 Å². The minimum absolute atomic E-state index is 0.208. The lowest BCUT2D eigenvalue weighted by Gasteiger charge is -2.18. The van der Waals surface area contributed by atoms with E-state index in [1.54, 1.807) is 0 Å². The predicted molar refractivity (Wildman–Crippen MR) is 103 cm³/mol. The fourth-order valence-electron chi connectivity index (χ4n) is 2.47. The second-order valence-corrected chi connectivity index (χ2v) is 5.73. The molecule has 4 heteroatoms. The molecule has 3 rings (SSSR count). The van der Waals surface area contributed by atoms with Crippen LogP contribution in [-0.4, -0.2) is 12.0 Å². The molecule has 0 aromatic heterocycles. The molecule has 0 saturated carbocycles. The molecule has 0 saturated heterocycles. The van der Waals surface area contributed by atoms with Gasteiger partial charge in [0.05, 0.1) is 5.69 Å². The zero-order valence-corrected chi connectivity index (χ0v) is 14.6. The summed E-state index contributed by atoms with van der Waals surface area (Å²) in [4.78, 5) is 12.7. The average Bonchev–Trinajstić information content (AvgIpc) is 2.69. The molecule has 3 aromatic carbocycles. The van der Waals surface area contributed by atoms with E-state index < -0.39 is 6.10 Å². The summed E-state index contributed by atoms with van der Waals surface area (Å²) in [6.45, 7) is 1.92. The molecule has 0 unspecified atom stereocenters. The number of hydrogen-bond acceptors (Lipinski definition) is 3. The van der Waals surface area contributed by atoms with Crippen molar-refractivity contribution in [1.29, 1.82) is 0 Å². The van der Waals surface area contributed by atoms with Crippen LogP contribution in [0.15, 0.2) is 84.9 Å². The summed E-state index contributed by atoms with van der Waals surface area (Å²) < 4.78 is 11.7. The van der Waals surface area contributed by atoms with Gasteiger partial charge in [0.25, 0.3) is 5.91 Å². The third kappa shape index (κ3) is 4.63. The Morgan fingerprint density at radius 2 is 1.42 bits per heavy atom. The number of rotatable bonds is 7. The second-order valence-electron chi connectivity index (χ2n) is 5.73. The number of amides is 1. The third-order valence-corrected chi connectivity index (χ3v) is 3.80. The summed E-state index contributed by atoms with van der Waals surface area (Å²) in [5, 5.41) is 2.91. The number of carbonyl (C=O) groups excluding carboxylic acids is 1. The van der Waals surface area contributed by atoms with Crippen molar-refractivity contribution in [2.45, 2.75) is 19.4 Å². The highest BCUT2D eigenvalue weighted by Gasteiger charge is 2.20. The van der Waals surface area contributed by atoms with Crippen LogP contribution in [0.3, 0.4) is 0 Å². The van der Waals surface area contributed by atoms with Crippen molar-refractivity contribution in [1.82, 2.24) is 0 Å². The molecule has 0 aliphatic heterocycles. The molecule has 0 aliphatic rings. The Morgan fingerprint density at radius 1 is 0.846 bits per heavy atom.